The number of rotatable bonds is 4. The van der Waals surface area contributed by atoms with E-state index in [-0.39, 0.29) is 11.2 Å². The van der Waals surface area contributed by atoms with E-state index in [0.717, 1.165) is 29.5 Å². The quantitative estimate of drug-likeness (QED) is 0.729. The predicted molar refractivity (Wildman–Crippen MR) is 77.5 cm³/mol. The average Bonchev–Trinajstić information content (AvgIpc) is 2.63. The summed E-state index contributed by atoms with van der Waals surface area (Å²) in [5, 5.41) is 0.204. The molecule has 0 N–H and O–H groups in total. The molecule has 0 bridgehead atoms. The topological polar surface area (TPSA) is 3.24 Å². The van der Waals surface area contributed by atoms with Crippen LogP contribution in [0.3, 0.4) is 0 Å². The standard InChI is InChI=1S/C14H18BrClFN/c1-10(16)5-14-3-2-4-18(14)9-11-6-12(15)8-13(17)7-11/h6-8,10,14H,2-5,9H2,1H3. The zero-order chi connectivity index (χ0) is 13.1. The van der Waals surface area contributed by atoms with Gasteiger partial charge < -0.3 is 0 Å². The molecule has 1 saturated heterocycles. The second-order valence-corrected chi connectivity index (χ2v) is 6.72. The first-order chi connectivity index (χ1) is 8.54. The van der Waals surface area contributed by atoms with Crippen LogP contribution in [0.15, 0.2) is 22.7 Å². The van der Waals surface area contributed by atoms with E-state index in [2.05, 4.69) is 20.8 Å². The number of nitrogens with zero attached hydrogens (tertiary/aromatic N) is 1. The molecule has 0 spiro atoms. The van der Waals surface area contributed by atoms with Gasteiger partial charge in [0.15, 0.2) is 0 Å². The maximum atomic E-state index is 13.3. The Balaban J connectivity index is 2.03. The number of halogens is 3. The molecule has 2 unspecified atom stereocenters. The van der Waals surface area contributed by atoms with Gasteiger partial charge >= 0.3 is 0 Å². The van der Waals surface area contributed by atoms with Gasteiger partial charge in [-0.15, -0.1) is 11.6 Å². The Morgan fingerprint density at radius 1 is 1.50 bits per heavy atom. The van der Waals surface area contributed by atoms with Crippen LogP contribution in [0.4, 0.5) is 4.39 Å². The predicted octanol–water partition coefficient (Wildman–Crippen LogP) is 4.57. The molecule has 0 amide bonds. The van der Waals surface area contributed by atoms with Crippen molar-refractivity contribution in [3.8, 4) is 0 Å². The van der Waals surface area contributed by atoms with Crippen molar-refractivity contribution in [1.82, 2.24) is 4.90 Å². The summed E-state index contributed by atoms with van der Waals surface area (Å²) in [6.07, 6.45) is 3.43. The summed E-state index contributed by atoms with van der Waals surface area (Å²) in [4.78, 5) is 2.42. The summed E-state index contributed by atoms with van der Waals surface area (Å²) >= 11 is 9.42. The highest BCUT2D eigenvalue weighted by atomic mass is 79.9. The van der Waals surface area contributed by atoms with Gasteiger partial charge in [-0.25, -0.2) is 4.39 Å². The van der Waals surface area contributed by atoms with Crippen LogP contribution in [0, 0.1) is 5.82 Å². The van der Waals surface area contributed by atoms with Crippen molar-refractivity contribution in [2.45, 2.75) is 44.1 Å². The minimum absolute atomic E-state index is 0.180. The fourth-order valence-corrected chi connectivity index (χ4v) is 3.40. The van der Waals surface area contributed by atoms with E-state index < -0.39 is 0 Å². The molecule has 2 atom stereocenters. The second-order valence-electron chi connectivity index (χ2n) is 5.06. The zero-order valence-corrected chi connectivity index (χ0v) is 12.8. The summed E-state index contributed by atoms with van der Waals surface area (Å²) in [5.74, 6) is -0.180. The monoisotopic (exact) mass is 333 g/mol. The molecule has 100 valence electrons. The van der Waals surface area contributed by atoms with Crippen LogP contribution in [0.25, 0.3) is 0 Å². The highest BCUT2D eigenvalue weighted by Gasteiger charge is 2.25. The Hall–Kier alpha value is -0.120. The maximum absolute atomic E-state index is 13.3. The van der Waals surface area contributed by atoms with E-state index in [1.54, 1.807) is 6.07 Å². The lowest BCUT2D eigenvalue weighted by Gasteiger charge is -2.25. The summed E-state index contributed by atoms with van der Waals surface area (Å²) in [6.45, 7) is 3.93. The second kappa shape index (κ2) is 6.36. The molecule has 1 aliphatic rings. The van der Waals surface area contributed by atoms with Crippen molar-refractivity contribution < 1.29 is 4.39 Å². The average molecular weight is 335 g/mol. The van der Waals surface area contributed by atoms with Gasteiger partial charge in [-0.05, 0) is 56.5 Å². The van der Waals surface area contributed by atoms with Gasteiger partial charge in [0.25, 0.3) is 0 Å². The van der Waals surface area contributed by atoms with Gasteiger partial charge in [0.2, 0.25) is 0 Å². The Bertz CT molecular complexity index is 391. The lowest BCUT2D eigenvalue weighted by atomic mass is 10.1. The molecule has 0 aromatic heterocycles. The molecule has 1 fully saturated rings. The number of benzene rings is 1. The van der Waals surface area contributed by atoms with Crippen LogP contribution in [-0.4, -0.2) is 22.9 Å². The highest BCUT2D eigenvalue weighted by molar-refractivity contribution is 9.10. The van der Waals surface area contributed by atoms with Crippen LogP contribution in [-0.2, 0) is 6.54 Å². The van der Waals surface area contributed by atoms with Gasteiger partial charge in [-0.2, -0.15) is 0 Å². The van der Waals surface area contributed by atoms with Crippen LogP contribution >= 0.6 is 27.5 Å². The van der Waals surface area contributed by atoms with E-state index in [0.29, 0.717) is 6.04 Å². The van der Waals surface area contributed by atoms with Gasteiger partial charge in [0.1, 0.15) is 5.82 Å². The van der Waals surface area contributed by atoms with Crippen LogP contribution in [0.2, 0.25) is 0 Å². The highest BCUT2D eigenvalue weighted by Crippen LogP contribution is 2.26. The van der Waals surface area contributed by atoms with E-state index in [1.807, 2.05) is 13.0 Å². The van der Waals surface area contributed by atoms with Crippen LogP contribution in [0.1, 0.15) is 31.7 Å². The SMILES string of the molecule is CC(Cl)CC1CCCN1Cc1cc(F)cc(Br)c1. The molecular weight excluding hydrogens is 317 g/mol. The molecule has 18 heavy (non-hydrogen) atoms. The first-order valence-electron chi connectivity index (χ1n) is 6.37. The van der Waals surface area contributed by atoms with Gasteiger partial charge in [-0.3, -0.25) is 4.90 Å². The minimum Gasteiger partial charge on any atom is -0.296 e. The minimum atomic E-state index is -0.180. The first-order valence-corrected chi connectivity index (χ1v) is 7.60. The Kier molecular flexibility index (Phi) is 5.05. The lowest BCUT2D eigenvalue weighted by molar-refractivity contribution is 0.234. The summed E-state index contributed by atoms with van der Waals surface area (Å²) < 4.78 is 14.1. The Morgan fingerprint density at radius 3 is 2.94 bits per heavy atom. The number of hydrogen-bond acceptors (Lipinski definition) is 1. The largest absolute Gasteiger partial charge is 0.296 e. The number of likely N-dealkylation sites (tertiary alicyclic amines) is 1. The number of hydrogen-bond donors (Lipinski definition) is 0. The van der Waals surface area contributed by atoms with Crippen LogP contribution < -0.4 is 0 Å². The van der Waals surface area contributed by atoms with Gasteiger partial charge in [-0.1, -0.05) is 15.9 Å². The smallest absolute Gasteiger partial charge is 0.124 e. The van der Waals surface area contributed by atoms with Crippen molar-refractivity contribution in [2.75, 3.05) is 6.54 Å². The third kappa shape index (κ3) is 3.94. The normalized spacial score (nSPS) is 22.3. The molecule has 1 nitrogen and oxygen atoms in total. The zero-order valence-electron chi connectivity index (χ0n) is 10.5. The van der Waals surface area contributed by atoms with Gasteiger partial charge in [0.05, 0.1) is 0 Å². The Labute approximate surface area is 121 Å². The molecule has 0 aliphatic carbocycles. The van der Waals surface area contributed by atoms with Crippen molar-refractivity contribution in [1.29, 1.82) is 0 Å². The maximum Gasteiger partial charge on any atom is 0.124 e. The van der Waals surface area contributed by atoms with Crippen LogP contribution in [0.5, 0.6) is 0 Å². The number of alkyl halides is 1. The molecule has 1 aliphatic heterocycles. The van der Waals surface area contributed by atoms with E-state index in [4.69, 9.17) is 11.6 Å². The molecule has 0 saturated carbocycles. The fourth-order valence-electron chi connectivity index (χ4n) is 2.68. The summed E-state index contributed by atoms with van der Waals surface area (Å²) in [5.41, 5.74) is 1.02. The molecule has 2 rings (SSSR count). The third-order valence-corrected chi connectivity index (χ3v) is 4.04. The summed E-state index contributed by atoms with van der Waals surface area (Å²) in [6, 6.07) is 5.64. The Morgan fingerprint density at radius 2 is 2.28 bits per heavy atom. The van der Waals surface area contributed by atoms with E-state index >= 15 is 0 Å². The van der Waals surface area contributed by atoms with Crippen molar-refractivity contribution >= 4 is 27.5 Å². The molecule has 1 heterocycles. The lowest BCUT2D eigenvalue weighted by Crippen LogP contribution is -2.30. The van der Waals surface area contributed by atoms with Gasteiger partial charge in [0, 0.05) is 22.4 Å². The van der Waals surface area contributed by atoms with Crippen molar-refractivity contribution in [3.63, 3.8) is 0 Å². The van der Waals surface area contributed by atoms with Crippen molar-refractivity contribution in [2.24, 2.45) is 0 Å². The molecule has 1 aromatic rings. The molecule has 0 radical (unpaired) electrons. The van der Waals surface area contributed by atoms with E-state index in [9.17, 15) is 4.39 Å². The van der Waals surface area contributed by atoms with E-state index in [1.165, 1.54) is 18.9 Å². The fraction of sp³-hybridized carbons (Fsp3) is 0.571. The molecular formula is C14H18BrClFN. The van der Waals surface area contributed by atoms with Crippen molar-refractivity contribution in [3.05, 3.63) is 34.1 Å². The molecule has 4 heteroatoms. The first kappa shape index (κ1) is 14.3. The third-order valence-electron chi connectivity index (χ3n) is 3.40. The molecule has 1 aromatic carbocycles. The summed E-state index contributed by atoms with van der Waals surface area (Å²) in [7, 11) is 0.